The van der Waals surface area contributed by atoms with Crippen LogP contribution in [0.4, 0.5) is 0 Å². The van der Waals surface area contributed by atoms with Gasteiger partial charge in [-0.15, -0.1) is 0 Å². The number of ether oxygens (including phenoxy) is 3. The van der Waals surface area contributed by atoms with E-state index in [2.05, 4.69) is 40.3 Å². The minimum absolute atomic E-state index is 0.0177. The zero-order chi connectivity index (χ0) is 23.9. The predicted molar refractivity (Wildman–Crippen MR) is 134 cm³/mol. The second-order valence-corrected chi connectivity index (χ2v) is 8.58. The number of hydrogen-bond acceptors (Lipinski definition) is 5. The molecule has 1 aromatic heterocycles. The number of H-pyrrole nitrogens is 1. The largest absolute Gasteiger partial charge is 0.493 e. The van der Waals surface area contributed by atoms with Crippen LogP contribution in [0.5, 0.6) is 11.5 Å². The molecule has 1 saturated heterocycles. The van der Waals surface area contributed by atoms with Crippen molar-refractivity contribution >= 4 is 16.8 Å². The van der Waals surface area contributed by atoms with Gasteiger partial charge in [-0.05, 0) is 23.6 Å². The molecule has 0 bridgehead atoms. The molecule has 1 unspecified atom stereocenters. The number of morpholine rings is 1. The molecule has 0 spiro atoms. The molecular weight excluding hydrogens is 430 g/mol. The molecule has 1 amide bonds. The van der Waals surface area contributed by atoms with Gasteiger partial charge in [0.1, 0.15) is 0 Å². The number of aromatic nitrogens is 1. The molecule has 182 valence electrons. The standard InChI is InChI=1S/C27H35N3O4/c1-4-19-7-5-8-20-23(18-29-26(19)20)22(21-9-6-10-24(32-2)27(21)33-3)17-25(31)28-11-12-30-13-15-34-16-14-30/h5-10,18,22,29H,4,11-17H2,1-3H3,(H,28,31). The summed E-state index contributed by atoms with van der Waals surface area (Å²) in [5, 5.41) is 4.26. The molecule has 7 heteroatoms. The lowest BCUT2D eigenvalue weighted by Gasteiger charge is -2.26. The van der Waals surface area contributed by atoms with Crippen molar-refractivity contribution in [2.24, 2.45) is 0 Å². The molecule has 0 saturated carbocycles. The monoisotopic (exact) mass is 465 g/mol. The number of amides is 1. The van der Waals surface area contributed by atoms with E-state index in [1.54, 1.807) is 14.2 Å². The first kappa shape index (κ1) is 24.1. The number of nitrogens with zero attached hydrogens (tertiary/aromatic N) is 1. The summed E-state index contributed by atoms with van der Waals surface area (Å²) in [7, 11) is 3.28. The Morgan fingerprint density at radius 2 is 1.91 bits per heavy atom. The smallest absolute Gasteiger partial charge is 0.220 e. The molecule has 2 heterocycles. The summed E-state index contributed by atoms with van der Waals surface area (Å²) >= 11 is 0. The fourth-order valence-electron chi connectivity index (χ4n) is 4.83. The maximum atomic E-state index is 13.1. The Bertz CT molecular complexity index is 1100. The van der Waals surface area contributed by atoms with Gasteiger partial charge in [-0.2, -0.15) is 0 Å². The summed E-state index contributed by atoms with van der Waals surface area (Å²) in [5.41, 5.74) is 4.41. The SMILES string of the molecule is CCc1cccc2c(C(CC(=O)NCCN3CCOCC3)c3cccc(OC)c3OC)c[nH]c12. The van der Waals surface area contributed by atoms with Crippen LogP contribution < -0.4 is 14.8 Å². The molecule has 34 heavy (non-hydrogen) atoms. The predicted octanol–water partition coefficient (Wildman–Crippen LogP) is 3.72. The van der Waals surface area contributed by atoms with Crippen LogP contribution in [0.15, 0.2) is 42.6 Å². The number of methoxy groups -OCH3 is 2. The fourth-order valence-corrected chi connectivity index (χ4v) is 4.83. The van der Waals surface area contributed by atoms with Gasteiger partial charge < -0.3 is 24.5 Å². The normalized spacial score (nSPS) is 15.3. The first-order valence-corrected chi connectivity index (χ1v) is 12.0. The van der Waals surface area contributed by atoms with Gasteiger partial charge in [-0.1, -0.05) is 37.3 Å². The third-order valence-corrected chi connectivity index (χ3v) is 6.64. The summed E-state index contributed by atoms with van der Waals surface area (Å²) in [6, 6.07) is 12.2. The van der Waals surface area contributed by atoms with Crippen LogP contribution >= 0.6 is 0 Å². The van der Waals surface area contributed by atoms with E-state index in [-0.39, 0.29) is 11.8 Å². The van der Waals surface area contributed by atoms with Crippen LogP contribution in [0, 0.1) is 0 Å². The molecule has 2 N–H and O–H groups in total. The lowest BCUT2D eigenvalue weighted by Crippen LogP contribution is -2.41. The average Bonchev–Trinajstić information content (AvgIpc) is 3.31. The molecule has 1 fully saturated rings. The van der Waals surface area contributed by atoms with E-state index in [4.69, 9.17) is 14.2 Å². The van der Waals surface area contributed by atoms with Crippen molar-refractivity contribution in [3.8, 4) is 11.5 Å². The molecule has 7 nitrogen and oxygen atoms in total. The highest BCUT2D eigenvalue weighted by Crippen LogP contribution is 2.42. The topological polar surface area (TPSA) is 75.8 Å². The number of para-hydroxylation sites is 2. The van der Waals surface area contributed by atoms with Crippen molar-refractivity contribution in [3.05, 3.63) is 59.3 Å². The van der Waals surface area contributed by atoms with E-state index in [9.17, 15) is 4.79 Å². The van der Waals surface area contributed by atoms with Crippen LogP contribution in [-0.2, 0) is 16.0 Å². The molecular formula is C27H35N3O4. The molecule has 1 aliphatic rings. The van der Waals surface area contributed by atoms with Gasteiger partial charge in [0.25, 0.3) is 0 Å². The summed E-state index contributed by atoms with van der Waals surface area (Å²) in [5.74, 6) is 1.15. The first-order chi connectivity index (χ1) is 16.7. The lowest BCUT2D eigenvalue weighted by atomic mass is 9.86. The second kappa shape index (κ2) is 11.4. The van der Waals surface area contributed by atoms with Gasteiger partial charge in [0.05, 0.1) is 27.4 Å². The zero-order valence-corrected chi connectivity index (χ0v) is 20.4. The van der Waals surface area contributed by atoms with E-state index in [0.717, 1.165) is 61.3 Å². The van der Waals surface area contributed by atoms with Crippen molar-refractivity contribution in [3.63, 3.8) is 0 Å². The Kier molecular flexibility index (Phi) is 8.08. The average molecular weight is 466 g/mol. The van der Waals surface area contributed by atoms with Gasteiger partial charge >= 0.3 is 0 Å². The van der Waals surface area contributed by atoms with Crippen molar-refractivity contribution < 1.29 is 19.0 Å². The lowest BCUT2D eigenvalue weighted by molar-refractivity contribution is -0.121. The van der Waals surface area contributed by atoms with E-state index in [0.29, 0.717) is 24.5 Å². The molecule has 0 radical (unpaired) electrons. The van der Waals surface area contributed by atoms with Gasteiger partial charge in [0, 0.05) is 61.2 Å². The third-order valence-electron chi connectivity index (χ3n) is 6.64. The number of rotatable bonds is 10. The molecule has 0 aliphatic carbocycles. The highest BCUT2D eigenvalue weighted by molar-refractivity contribution is 5.88. The van der Waals surface area contributed by atoms with Crippen LogP contribution in [0.1, 0.15) is 36.0 Å². The maximum Gasteiger partial charge on any atom is 0.220 e. The summed E-state index contributed by atoms with van der Waals surface area (Å²) in [6.45, 7) is 6.94. The molecule has 2 aromatic carbocycles. The number of fused-ring (bicyclic) bond motifs is 1. The van der Waals surface area contributed by atoms with Crippen LogP contribution in [0.25, 0.3) is 10.9 Å². The van der Waals surface area contributed by atoms with Gasteiger partial charge in [0.15, 0.2) is 11.5 Å². The minimum Gasteiger partial charge on any atom is -0.493 e. The van der Waals surface area contributed by atoms with Crippen molar-refractivity contribution in [2.75, 3.05) is 53.6 Å². The number of benzene rings is 2. The van der Waals surface area contributed by atoms with E-state index >= 15 is 0 Å². The van der Waals surface area contributed by atoms with Gasteiger partial charge in [-0.25, -0.2) is 0 Å². The summed E-state index contributed by atoms with van der Waals surface area (Å²) < 4.78 is 16.7. The Morgan fingerprint density at radius 1 is 1.12 bits per heavy atom. The number of aryl methyl sites for hydroxylation is 1. The van der Waals surface area contributed by atoms with E-state index < -0.39 is 0 Å². The number of aromatic amines is 1. The molecule has 1 atom stereocenters. The molecule has 4 rings (SSSR count). The number of carbonyl (C=O) groups excluding carboxylic acids is 1. The Balaban J connectivity index is 1.62. The van der Waals surface area contributed by atoms with Gasteiger partial charge in [0.2, 0.25) is 5.91 Å². The fraction of sp³-hybridized carbons (Fsp3) is 0.444. The van der Waals surface area contributed by atoms with Gasteiger partial charge in [-0.3, -0.25) is 9.69 Å². The third kappa shape index (κ3) is 5.21. The Hall–Kier alpha value is -3.03. The van der Waals surface area contributed by atoms with E-state index in [1.165, 1.54) is 5.56 Å². The maximum absolute atomic E-state index is 13.1. The van der Waals surface area contributed by atoms with Crippen molar-refractivity contribution in [2.45, 2.75) is 25.7 Å². The van der Waals surface area contributed by atoms with Crippen LogP contribution in [0.3, 0.4) is 0 Å². The van der Waals surface area contributed by atoms with Crippen LogP contribution in [-0.4, -0.2) is 69.4 Å². The second-order valence-electron chi connectivity index (χ2n) is 8.58. The molecule has 3 aromatic rings. The van der Waals surface area contributed by atoms with Crippen molar-refractivity contribution in [1.29, 1.82) is 0 Å². The number of hydrogen-bond donors (Lipinski definition) is 2. The van der Waals surface area contributed by atoms with Crippen molar-refractivity contribution in [1.82, 2.24) is 15.2 Å². The minimum atomic E-state index is -0.186. The first-order valence-electron chi connectivity index (χ1n) is 12.0. The summed E-state index contributed by atoms with van der Waals surface area (Å²) in [6.07, 6.45) is 3.29. The highest BCUT2D eigenvalue weighted by atomic mass is 16.5. The van der Waals surface area contributed by atoms with E-state index in [1.807, 2.05) is 24.4 Å². The number of nitrogens with one attached hydrogen (secondary N) is 2. The Morgan fingerprint density at radius 3 is 2.65 bits per heavy atom. The Labute approximate surface area is 201 Å². The van der Waals surface area contributed by atoms with Crippen LogP contribution in [0.2, 0.25) is 0 Å². The summed E-state index contributed by atoms with van der Waals surface area (Å²) in [4.78, 5) is 18.9. The highest BCUT2D eigenvalue weighted by Gasteiger charge is 2.26. The number of carbonyl (C=O) groups is 1. The zero-order valence-electron chi connectivity index (χ0n) is 20.4. The molecule has 1 aliphatic heterocycles. The quantitative estimate of drug-likeness (QED) is 0.477.